The van der Waals surface area contributed by atoms with Crippen molar-refractivity contribution in [3.8, 4) is 11.5 Å². The maximum Gasteiger partial charge on any atom is 0.260 e. The normalized spacial score (nSPS) is 11.3. The molecule has 3 rings (SSSR count). The van der Waals surface area contributed by atoms with Gasteiger partial charge in [0, 0.05) is 0 Å². The molecule has 0 saturated heterocycles. The van der Waals surface area contributed by atoms with Crippen LogP contribution in [0.3, 0.4) is 0 Å². The highest BCUT2D eigenvalue weighted by Gasteiger charge is 2.21. The molecule has 0 bridgehead atoms. The number of nitrogens with one attached hydrogen (secondary N) is 1. The van der Waals surface area contributed by atoms with E-state index in [0.717, 1.165) is 27.3 Å². The second-order valence-corrected chi connectivity index (χ2v) is 10.2. The average molecular weight is 510 g/mol. The van der Waals surface area contributed by atoms with Crippen molar-refractivity contribution in [1.82, 2.24) is 5.43 Å². The quantitative estimate of drug-likeness (QED) is 0.309. The monoisotopic (exact) mass is 509 g/mol. The predicted octanol–water partition coefficient (Wildman–Crippen LogP) is 4.20. The van der Waals surface area contributed by atoms with E-state index >= 15 is 0 Å². The maximum absolute atomic E-state index is 12.5. The van der Waals surface area contributed by atoms with E-state index in [4.69, 9.17) is 9.47 Å². The molecule has 1 N–H and O–H groups in total. The molecule has 0 radical (unpaired) electrons. The number of hydrogen-bond acceptors (Lipinski definition) is 6. The molecule has 3 aromatic rings. The molecule has 0 aliphatic heterocycles. The zero-order valence-electron chi connectivity index (χ0n) is 20.9. The number of amides is 1. The van der Waals surface area contributed by atoms with Gasteiger partial charge in [0.15, 0.2) is 11.5 Å². The first-order valence-electron chi connectivity index (χ1n) is 11.5. The molecule has 0 atom stereocenters. The van der Waals surface area contributed by atoms with Gasteiger partial charge in [0.25, 0.3) is 5.91 Å². The number of aryl methyl sites for hydroxylation is 2. The molecule has 3 aromatic carbocycles. The van der Waals surface area contributed by atoms with Gasteiger partial charge in [-0.25, -0.2) is 13.8 Å². The number of ether oxygens (including phenoxy) is 2. The molecule has 0 saturated carbocycles. The first-order chi connectivity index (χ1) is 17.2. The third-order valence-electron chi connectivity index (χ3n) is 5.09. The summed E-state index contributed by atoms with van der Waals surface area (Å²) in [5, 5.41) is 3.99. The Hall–Kier alpha value is -3.85. The average Bonchev–Trinajstić information content (AvgIpc) is 2.81. The van der Waals surface area contributed by atoms with Crippen LogP contribution in [0.2, 0.25) is 0 Å². The fourth-order valence-electron chi connectivity index (χ4n) is 3.57. The van der Waals surface area contributed by atoms with Crippen molar-refractivity contribution in [2.75, 3.05) is 23.7 Å². The molecule has 1 amide bonds. The molecule has 8 nitrogen and oxygen atoms in total. The van der Waals surface area contributed by atoms with Gasteiger partial charge < -0.3 is 9.47 Å². The van der Waals surface area contributed by atoms with Crippen molar-refractivity contribution in [2.24, 2.45) is 5.10 Å². The van der Waals surface area contributed by atoms with Crippen LogP contribution in [0.25, 0.3) is 0 Å². The Morgan fingerprint density at radius 2 is 1.67 bits per heavy atom. The highest BCUT2D eigenvalue weighted by Crippen LogP contribution is 2.29. The van der Waals surface area contributed by atoms with Crippen molar-refractivity contribution in [3.63, 3.8) is 0 Å². The number of nitrogens with zero attached hydrogens (tertiary/aromatic N) is 2. The van der Waals surface area contributed by atoms with E-state index in [1.54, 1.807) is 30.3 Å². The van der Waals surface area contributed by atoms with Gasteiger partial charge in [0.2, 0.25) is 10.0 Å². The summed E-state index contributed by atoms with van der Waals surface area (Å²) in [7, 11) is -3.68. The minimum absolute atomic E-state index is 0.393. The topological polar surface area (TPSA) is 97.3 Å². The smallest absolute Gasteiger partial charge is 0.260 e. The van der Waals surface area contributed by atoms with Crippen molar-refractivity contribution in [3.05, 3.63) is 89.0 Å². The number of sulfonamides is 1. The van der Waals surface area contributed by atoms with Crippen LogP contribution in [0, 0.1) is 13.8 Å². The summed E-state index contributed by atoms with van der Waals surface area (Å²) < 4.78 is 37.4. The van der Waals surface area contributed by atoms with Crippen molar-refractivity contribution in [2.45, 2.75) is 27.4 Å². The molecule has 0 aliphatic rings. The molecule has 0 spiro atoms. The van der Waals surface area contributed by atoms with Crippen LogP contribution in [0.15, 0.2) is 71.8 Å². The molecule has 0 heterocycles. The Morgan fingerprint density at radius 3 is 2.31 bits per heavy atom. The van der Waals surface area contributed by atoms with Gasteiger partial charge in [-0.15, -0.1) is 0 Å². The summed E-state index contributed by atoms with van der Waals surface area (Å²) in [6.07, 6.45) is 2.53. The van der Waals surface area contributed by atoms with Crippen LogP contribution in [0.1, 0.15) is 29.2 Å². The molecular formula is C27H31N3O5S. The zero-order valence-corrected chi connectivity index (χ0v) is 21.7. The first-order valence-corrected chi connectivity index (χ1v) is 13.3. The SMILES string of the molecule is CCOc1cc(/C=N\NC(=O)CN(c2cc(C)cc(C)c2)S(C)(=O)=O)ccc1OCc1ccccc1. The Kier molecular flexibility index (Phi) is 9.08. The molecule has 9 heteroatoms. The van der Waals surface area contributed by atoms with E-state index in [9.17, 15) is 13.2 Å². The summed E-state index contributed by atoms with van der Waals surface area (Å²) in [6.45, 7) is 6.09. The van der Waals surface area contributed by atoms with Crippen LogP contribution < -0.4 is 19.2 Å². The van der Waals surface area contributed by atoms with Gasteiger partial charge in [-0.2, -0.15) is 5.10 Å². The third kappa shape index (κ3) is 7.84. The molecule has 0 aliphatic carbocycles. The highest BCUT2D eigenvalue weighted by atomic mass is 32.2. The summed E-state index contributed by atoms with van der Waals surface area (Å²) >= 11 is 0. The molecule has 0 unspecified atom stereocenters. The van der Waals surface area contributed by atoms with Gasteiger partial charge in [0.05, 0.1) is 24.8 Å². The number of carbonyl (C=O) groups is 1. The number of anilines is 1. The van der Waals surface area contributed by atoms with E-state index < -0.39 is 22.5 Å². The van der Waals surface area contributed by atoms with E-state index in [0.29, 0.717) is 36.0 Å². The molecular weight excluding hydrogens is 478 g/mol. The Morgan fingerprint density at radius 1 is 0.972 bits per heavy atom. The van der Waals surface area contributed by atoms with Crippen LogP contribution in [-0.2, 0) is 21.4 Å². The molecule has 36 heavy (non-hydrogen) atoms. The fraction of sp³-hybridized carbons (Fsp3) is 0.259. The highest BCUT2D eigenvalue weighted by molar-refractivity contribution is 7.92. The molecule has 0 aromatic heterocycles. The summed E-state index contributed by atoms with van der Waals surface area (Å²) in [5.74, 6) is 0.588. The third-order valence-corrected chi connectivity index (χ3v) is 6.23. The van der Waals surface area contributed by atoms with E-state index in [1.165, 1.54) is 6.21 Å². The van der Waals surface area contributed by atoms with Crippen LogP contribution in [0.4, 0.5) is 5.69 Å². The van der Waals surface area contributed by atoms with Crippen LogP contribution in [-0.4, -0.2) is 39.9 Å². The number of carbonyl (C=O) groups excluding carboxylic acids is 1. The van der Waals surface area contributed by atoms with Gasteiger partial charge in [-0.3, -0.25) is 9.10 Å². The van der Waals surface area contributed by atoms with E-state index in [2.05, 4.69) is 10.5 Å². The van der Waals surface area contributed by atoms with Gasteiger partial charge >= 0.3 is 0 Å². The van der Waals surface area contributed by atoms with Crippen molar-refractivity contribution >= 4 is 27.8 Å². The number of hydrazone groups is 1. The number of hydrogen-bond donors (Lipinski definition) is 1. The van der Waals surface area contributed by atoms with E-state index in [-0.39, 0.29) is 0 Å². The Balaban J connectivity index is 1.67. The molecule has 190 valence electrons. The van der Waals surface area contributed by atoms with Gasteiger partial charge in [0.1, 0.15) is 13.2 Å². The Labute approximate surface area is 212 Å². The van der Waals surface area contributed by atoms with Crippen LogP contribution in [0.5, 0.6) is 11.5 Å². The summed E-state index contributed by atoms with van der Waals surface area (Å²) in [4.78, 5) is 12.5. The van der Waals surface area contributed by atoms with Gasteiger partial charge in [-0.1, -0.05) is 36.4 Å². The summed E-state index contributed by atoms with van der Waals surface area (Å²) in [6, 6.07) is 20.5. The van der Waals surface area contributed by atoms with Gasteiger partial charge in [-0.05, 0) is 73.4 Å². The lowest BCUT2D eigenvalue weighted by molar-refractivity contribution is -0.119. The lowest BCUT2D eigenvalue weighted by atomic mass is 10.1. The summed E-state index contributed by atoms with van der Waals surface area (Å²) in [5.41, 5.74) is 6.35. The second-order valence-electron chi connectivity index (χ2n) is 8.32. The second kappa shape index (κ2) is 12.2. The standard InChI is InChI=1S/C27H31N3O5S/c1-5-34-26-16-23(11-12-25(26)35-19-22-9-7-6-8-10-22)17-28-29-27(31)18-30(36(4,32)33)24-14-20(2)13-21(3)15-24/h6-17H,5,18-19H2,1-4H3,(H,29,31)/b28-17-. The van der Waals surface area contributed by atoms with Crippen molar-refractivity contribution < 1.29 is 22.7 Å². The lowest BCUT2D eigenvalue weighted by Crippen LogP contribution is -2.39. The minimum atomic E-state index is -3.68. The molecule has 0 fully saturated rings. The van der Waals surface area contributed by atoms with Crippen LogP contribution >= 0.6 is 0 Å². The van der Waals surface area contributed by atoms with E-state index in [1.807, 2.05) is 57.2 Å². The van der Waals surface area contributed by atoms with Crippen molar-refractivity contribution in [1.29, 1.82) is 0 Å². The predicted molar refractivity (Wildman–Crippen MR) is 142 cm³/mol. The zero-order chi connectivity index (χ0) is 26.1. The largest absolute Gasteiger partial charge is 0.490 e. The lowest BCUT2D eigenvalue weighted by Gasteiger charge is -2.22. The number of rotatable bonds is 11. The Bertz CT molecular complexity index is 1300. The minimum Gasteiger partial charge on any atom is -0.490 e. The fourth-order valence-corrected chi connectivity index (χ4v) is 4.41. The number of benzene rings is 3. The first kappa shape index (κ1) is 26.7. The maximum atomic E-state index is 12.5.